The zero-order valence-electron chi connectivity index (χ0n) is 17.0. The summed E-state index contributed by atoms with van der Waals surface area (Å²) in [6.45, 7) is 3.99. The molecule has 4 aromatic heterocycles. The van der Waals surface area contributed by atoms with Gasteiger partial charge in [0.1, 0.15) is 24.0 Å². The number of anilines is 2. The molecular formula is C20H22N8O3. The van der Waals surface area contributed by atoms with Crippen molar-refractivity contribution in [3.63, 3.8) is 0 Å². The van der Waals surface area contributed by atoms with E-state index in [0.717, 1.165) is 24.5 Å². The van der Waals surface area contributed by atoms with Gasteiger partial charge < -0.3 is 24.9 Å². The topological polar surface area (TPSA) is 139 Å². The Labute approximate surface area is 177 Å². The zero-order valence-corrected chi connectivity index (χ0v) is 17.0. The number of pyridine rings is 1. The van der Waals surface area contributed by atoms with Gasteiger partial charge in [0, 0.05) is 6.61 Å². The van der Waals surface area contributed by atoms with E-state index in [9.17, 15) is 0 Å². The number of aromatic nitrogens is 6. The SMILES string of the molecule is Cc1ccc(-c2nc(N)nc3c2nnn3Cc2cccc(NCO[C@@H]3CCOC3)n2)o1. The van der Waals surface area contributed by atoms with E-state index in [0.29, 0.717) is 48.3 Å². The highest BCUT2D eigenvalue weighted by atomic mass is 16.5. The summed E-state index contributed by atoms with van der Waals surface area (Å²) in [6, 6.07) is 9.39. The van der Waals surface area contributed by atoms with Gasteiger partial charge in [-0.25, -0.2) is 14.6 Å². The Kier molecular flexibility index (Phi) is 5.18. The standard InChI is InChI=1S/C20H22N8O3/c1-12-5-6-15(31-12)17-18-19(25-20(21)24-17)28(27-26-18)9-13-3-2-4-16(23-13)22-11-30-14-7-8-29-10-14/h2-6,14H,7-11H2,1H3,(H,22,23)(H2,21,24,25)/t14-/m1/s1. The molecule has 1 atom stereocenters. The number of aryl methyl sites for hydroxylation is 1. The third kappa shape index (κ3) is 4.18. The minimum atomic E-state index is 0.122. The third-order valence-electron chi connectivity index (χ3n) is 4.93. The molecule has 1 saturated heterocycles. The third-order valence-corrected chi connectivity index (χ3v) is 4.93. The van der Waals surface area contributed by atoms with Crippen LogP contribution in [0.5, 0.6) is 0 Å². The highest BCUT2D eigenvalue weighted by molar-refractivity contribution is 5.86. The molecule has 0 aliphatic carbocycles. The Morgan fingerprint density at radius 2 is 2.16 bits per heavy atom. The van der Waals surface area contributed by atoms with E-state index < -0.39 is 0 Å². The first-order valence-electron chi connectivity index (χ1n) is 9.98. The van der Waals surface area contributed by atoms with Gasteiger partial charge in [0.15, 0.2) is 16.9 Å². The summed E-state index contributed by atoms with van der Waals surface area (Å²) in [5.41, 5.74) is 8.27. The number of nitrogen functional groups attached to an aromatic ring is 1. The molecule has 0 unspecified atom stereocenters. The molecule has 11 heteroatoms. The molecule has 0 radical (unpaired) electrons. The maximum atomic E-state index is 5.94. The monoisotopic (exact) mass is 422 g/mol. The summed E-state index contributed by atoms with van der Waals surface area (Å²) in [5.74, 6) is 2.17. The van der Waals surface area contributed by atoms with Crippen molar-refractivity contribution >= 4 is 22.9 Å². The largest absolute Gasteiger partial charge is 0.460 e. The van der Waals surface area contributed by atoms with Crippen LogP contribution in [0.1, 0.15) is 17.9 Å². The van der Waals surface area contributed by atoms with Gasteiger partial charge >= 0.3 is 0 Å². The lowest BCUT2D eigenvalue weighted by Gasteiger charge is -2.12. The van der Waals surface area contributed by atoms with E-state index >= 15 is 0 Å². The highest BCUT2D eigenvalue weighted by Gasteiger charge is 2.18. The van der Waals surface area contributed by atoms with Gasteiger partial charge in [-0.2, -0.15) is 4.98 Å². The van der Waals surface area contributed by atoms with Crippen LogP contribution in [-0.2, 0) is 16.0 Å². The second kappa shape index (κ2) is 8.28. The normalized spacial score (nSPS) is 16.2. The molecule has 0 spiro atoms. The minimum Gasteiger partial charge on any atom is -0.460 e. The van der Waals surface area contributed by atoms with Crippen molar-refractivity contribution in [3.05, 3.63) is 41.8 Å². The van der Waals surface area contributed by atoms with Crippen LogP contribution < -0.4 is 11.1 Å². The molecule has 1 aliphatic rings. The van der Waals surface area contributed by atoms with Crippen molar-refractivity contribution in [2.45, 2.75) is 26.0 Å². The molecule has 1 aliphatic heterocycles. The second-order valence-corrected chi connectivity index (χ2v) is 7.25. The van der Waals surface area contributed by atoms with E-state index in [-0.39, 0.29) is 12.1 Å². The fourth-order valence-electron chi connectivity index (χ4n) is 3.41. The Balaban J connectivity index is 1.35. The van der Waals surface area contributed by atoms with Crippen molar-refractivity contribution in [2.24, 2.45) is 0 Å². The van der Waals surface area contributed by atoms with E-state index in [1.165, 1.54) is 0 Å². The van der Waals surface area contributed by atoms with Crippen LogP contribution in [0.15, 0.2) is 34.7 Å². The fraction of sp³-hybridized carbons (Fsp3) is 0.350. The summed E-state index contributed by atoms with van der Waals surface area (Å²) in [4.78, 5) is 13.2. The zero-order chi connectivity index (χ0) is 21.2. The smallest absolute Gasteiger partial charge is 0.222 e. The van der Waals surface area contributed by atoms with Gasteiger partial charge in [0.2, 0.25) is 5.95 Å². The molecule has 3 N–H and O–H groups in total. The number of nitrogens with zero attached hydrogens (tertiary/aromatic N) is 6. The van der Waals surface area contributed by atoms with Gasteiger partial charge in [0.05, 0.1) is 24.9 Å². The molecule has 0 bridgehead atoms. The molecule has 4 aromatic rings. The molecule has 160 valence electrons. The van der Waals surface area contributed by atoms with Crippen molar-refractivity contribution < 1.29 is 13.9 Å². The summed E-state index contributed by atoms with van der Waals surface area (Å²) in [6.07, 6.45) is 1.05. The molecule has 0 saturated carbocycles. The molecule has 0 aromatic carbocycles. The van der Waals surface area contributed by atoms with Crippen LogP contribution in [-0.4, -0.2) is 56.0 Å². The quantitative estimate of drug-likeness (QED) is 0.425. The number of hydrogen-bond donors (Lipinski definition) is 2. The van der Waals surface area contributed by atoms with Gasteiger partial charge in [-0.05, 0) is 37.6 Å². The molecular weight excluding hydrogens is 400 g/mol. The maximum Gasteiger partial charge on any atom is 0.222 e. The summed E-state index contributed by atoms with van der Waals surface area (Å²) < 4.78 is 18.4. The number of rotatable bonds is 7. The first kappa shape index (κ1) is 19.4. The van der Waals surface area contributed by atoms with Crippen molar-refractivity contribution in [3.8, 4) is 11.5 Å². The number of nitrogens with one attached hydrogen (secondary N) is 1. The summed E-state index contributed by atoms with van der Waals surface area (Å²) >= 11 is 0. The fourth-order valence-corrected chi connectivity index (χ4v) is 3.41. The molecule has 0 amide bonds. The number of furan rings is 1. The van der Waals surface area contributed by atoms with Crippen LogP contribution >= 0.6 is 0 Å². The maximum absolute atomic E-state index is 5.94. The number of nitrogens with two attached hydrogens (primary N) is 1. The van der Waals surface area contributed by atoms with Crippen LogP contribution in [0, 0.1) is 6.92 Å². The molecule has 31 heavy (non-hydrogen) atoms. The Hall–Kier alpha value is -3.57. The molecule has 5 rings (SSSR count). The van der Waals surface area contributed by atoms with Crippen LogP contribution in [0.25, 0.3) is 22.6 Å². The number of fused-ring (bicyclic) bond motifs is 1. The first-order valence-corrected chi connectivity index (χ1v) is 9.98. The number of ether oxygens (including phenoxy) is 2. The summed E-state index contributed by atoms with van der Waals surface area (Å²) in [5, 5.41) is 11.7. The minimum absolute atomic E-state index is 0.122. The first-order chi connectivity index (χ1) is 15.2. The van der Waals surface area contributed by atoms with Crippen LogP contribution in [0.2, 0.25) is 0 Å². The van der Waals surface area contributed by atoms with E-state index in [4.69, 9.17) is 19.6 Å². The Morgan fingerprint density at radius 3 is 2.97 bits per heavy atom. The van der Waals surface area contributed by atoms with Gasteiger partial charge in [-0.3, -0.25) is 0 Å². The van der Waals surface area contributed by atoms with E-state index in [1.54, 1.807) is 4.68 Å². The molecule has 1 fully saturated rings. The Morgan fingerprint density at radius 1 is 1.23 bits per heavy atom. The lowest BCUT2D eigenvalue weighted by atomic mass is 10.3. The van der Waals surface area contributed by atoms with Crippen molar-refractivity contribution in [2.75, 3.05) is 31.0 Å². The average Bonchev–Trinajstić information content (AvgIpc) is 3.50. The molecule has 11 nitrogen and oxygen atoms in total. The van der Waals surface area contributed by atoms with Crippen LogP contribution in [0.3, 0.4) is 0 Å². The van der Waals surface area contributed by atoms with Gasteiger partial charge in [0.25, 0.3) is 0 Å². The Bertz CT molecular complexity index is 1200. The second-order valence-electron chi connectivity index (χ2n) is 7.25. The molecule has 5 heterocycles. The highest BCUT2D eigenvalue weighted by Crippen LogP contribution is 2.27. The van der Waals surface area contributed by atoms with E-state index in [1.807, 2.05) is 37.3 Å². The lowest BCUT2D eigenvalue weighted by Crippen LogP contribution is -2.18. The summed E-state index contributed by atoms with van der Waals surface area (Å²) in [7, 11) is 0. The van der Waals surface area contributed by atoms with E-state index in [2.05, 4.69) is 30.6 Å². The van der Waals surface area contributed by atoms with Gasteiger partial charge in [-0.1, -0.05) is 11.3 Å². The van der Waals surface area contributed by atoms with Gasteiger partial charge in [-0.15, -0.1) is 5.10 Å². The van der Waals surface area contributed by atoms with Crippen LogP contribution in [0.4, 0.5) is 11.8 Å². The predicted molar refractivity (Wildman–Crippen MR) is 112 cm³/mol. The lowest BCUT2D eigenvalue weighted by molar-refractivity contribution is 0.0538. The predicted octanol–water partition coefficient (Wildman–Crippen LogP) is 1.99. The average molecular weight is 422 g/mol. The van der Waals surface area contributed by atoms with Crippen molar-refractivity contribution in [1.82, 2.24) is 29.9 Å². The van der Waals surface area contributed by atoms with Crippen molar-refractivity contribution in [1.29, 1.82) is 0 Å². The number of hydrogen-bond acceptors (Lipinski definition) is 10.